The highest BCUT2D eigenvalue weighted by molar-refractivity contribution is 8.02. The molecule has 0 bridgehead atoms. The summed E-state index contributed by atoms with van der Waals surface area (Å²) in [6.07, 6.45) is 0.643. The number of non-ortho nitro benzene ring substituents is 1. The standard InChI is InChI=1S/C18H14N4O3S3/c23-16-15(9-10-20(16)13-7-4-8-14(11-13)22(24)25)27-17-19-21(18(26)28-17)12-5-2-1-3-6-12/h1-8,11,15H,9-10H2. The summed E-state index contributed by atoms with van der Waals surface area (Å²) in [7, 11) is 0. The third kappa shape index (κ3) is 3.71. The van der Waals surface area contributed by atoms with Crippen molar-refractivity contribution in [2.75, 3.05) is 11.4 Å². The number of thioether (sulfide) groups is 1. The molecule has 1 amide bonds. The molecule has 0 spiro atoms. The molecule has 2 heterocycles. The quantitative estimate of drug-likeness (QED) is 0.337. The molecule has 3 aromatic rings. The van der Waals surface area contributed by atoms with Crippen molar-refractivity contribution in [2.24, 2.45) is 0 Å². The Morgan fingerprint density at radius 2 is 1.93 bits per heavy atom. The lowest BCUT2D eigenvalue weighted by Crippen LogP contribution is -2.28. The van der Waals surface area contributed by atoms with Crippen LogP contribution in [0.25, 0.3) is 5.69 Å². The maximum absolute atomic E-state index is 12.8. The van der Waals surface area contributed by atoms with Crippen molar-refractivity contribution in [3.8, 4) is 5.69 Å². The number of benzene rings is 2. The van der Waals surface area contributed by atoms with E-state index in [-0.39, 0.29) is 16.8 Å². The highest BCUT2D eigenvalue weighted by Gasteiger charge is 2.34. The number of hydrogen-bond donors (Lipinski definition) is 0. The SMILES string of the molecule is O=C1C(Sc2nn(-c3ccccc3)c(=S)s2)CCN1c1cccc([N+](=O)[O-])c1. The first-order valence-corrected chi connectivity index (χ1v) is 10.5. The summed E-state index contributed by atoms with van der Waals surface area (Å²) in [4.78, 5) is 25.0. The Kier molecular flexibility index (Phi) is 5.25. The van der Waals surface area contributed by atoms with E-state index in [1.165, 1.54) is 35.2 Å². The van der Waals surface area contributed by atoms with Gasteiger partial charge in [-0.25, -0.2) is 4.68 Å². The number of nitro groups is 1. The maximum atomic E-state index is 12.8. The van der Waals surface area contributed by atoms with Gasteiger partial charge < -0.3 is 4.90 Å². The Morgan fingerprint density at radius 1 is 1.18 bits per heavy atom. The van der Waals surface area contributed by atoms with Crippen LogP contribution >= 0.6 is 35.3 Å². The first kappa shape index (κ1) is 18.8. The Hall–Kier alpha value is -2.56. The van der Waals surface area contributed by atoms with E-state index in [1.54, 1.807) is 21.7 Å². The van der Waals surface area contributed by atoms with Gasteiger partial charge in [-0.2, -0.15) is 0 Å². The molecule has 2 aromatic carbocycles. The van der Waals surface area contributed by atoms with E-state index in [0.29, 0.717) is 22.6 Å². The molecule has 0 radical (unpaired) electrons. The van der Waals surface area contributed by atoms with Gasteiger partial charge in [0.15, 0.2) is 8.29 Å². The third-order valence-electron chi connectivity index (χ3n) is 4.28. The van der Waals surface area contributed by atoms with Crippen LogP contribution in [0.1, 0.15) is 6.42 Å². The average Bonchev–Trinajstić information content (AvgIpc) is 3.25. The van der Waals surface area contributed by atoms with Crippen molar-refractivity contribution in [2.45, 2.75) is 16.0 Å². The van der Waals surface area contributed by atoms with Crippen LogP contribution in [-0.4, -0.2) is 32.4 Å². The molecule has 0 saturated carbocycles. The van der Waals surface area contributed by atoms with E-state index in [2.05, 4.69) is 5.10 Å². The Balaban J connectivity index is 1.52. The molecule has 0 N–H and O–H groups in total. The van der Waals surface area contributed by atoms with E-state index in [9.17, 15) is 14.9 Å². The van der Waals surface area contributed by atoms with Crippen molar-refractivity contribution >= 4 is 52.6 Å². The Bertz CT molecular complexity index is 1100. The number of rotatable bonds is 5. The zero-order chi connectivity index (χ0) is 19.7. The lowest BCUT2D eigenvalue weighted by Gasteiger charge is -2.16. The molecule has 1 saturated heterocycles. The fourth-order valence-electron chi connectivity index (χ4n) is 2.96. The topological polar surface area (TPSA) is 81.3 Å². The highest BCUT2D eigenvalue weighted by Crippen LogP contribution is 2.35. The number of nitrogens with zero attached hydrogens (tertiary/aromatic N) is 4. The number of amides is 1. The van der Waals surface area contributed by atoms with Gasteiger partial charge in [-0.3, -0.25) is 14.9 Å². The van der Waals surface area contributed by atoms with Crippen molar-refractivity contribution in [3.05, 3.63) is 68.7 Å². The van der Waals surface area contributed by atoms with Crippen LogP contribution in [0.5, 0.6) is 0 Å². The first-order valence-electron chi connectivity index (χ1n) is 8.41. The second kappa shape index (κ2) is 7.82. The minimum absolute atomic E-state index is 0.0269. The maximum Gasteiger partial charge on any atom is 0.271 e. The van der Waals surface area contributed by atoms with Crippen LogP contribution in [0, 0.1) is 14.1 Å². The van der Waals surface area contributed by atoms with Gasteiger partial charge in [0.05, 0.1) is 21.5 Å². The number of hydrogen-bond acceptors (Lipinski definition) is 7. The first-order chi connectivity index (χ1) is 13.5. The van der Waals surface area contributed by atoms with Gasteiger partial charge >= 0.3 is 0 Å². The van der Waals surface area contributed by atoms with Gasteiger partial charge in [-0.1, -0.05) is 47.4 Å². The molecule has 10 heteroatoms. The number of aromatic nitrogens is 2. The van der Waals surface area contributed by atoms with Crippen LogP contribution < -0.4 is 4.90 Å². The Morgan fingerprint density at radius 3 is 2.68 bits per heavy atom. The summed E-state index contributed by atoms with van der Waals surface area (Å²) >= 11 is 8.17. The van der Waals surface area contributed by atoms with E-state index < -0.39 is 4.92 Å². The molecule has 7 nitrogen and oxygen atoms in total. The summed E-state index contributed by atoms with van der Waals surface area (Å²) in [5.41, 5.74) is 1.40. The predicted molar refractivity (Wildman–Crippen MR) is 112 cm³/mol. The van der Waals surface area contributed by atoms with Crippen LogP contribution in [0.4, 0.5) is 11.4 Å². The predicted octanol–water partition coefficient (Wildman–Crippen LogP) is 4.47. The van der Waals surface area contributed by atoms with Crippen LogP contribution in [0.15, 0.2) is 58.9 Å². The number of anilines is 1. The van der Waals surface area contributed by atoms with Crippen molar-refractivity contribution < 1.29 is 9.72 Å². The molecule has 1 aliphatic heterocycles. The zero-order valence-corrected chi connectivity index (χ0v) is 16.9. The van der Waals surface area contributed by atoms with E-state index >= 15 is 0 Å². The summed E-state index contributed by atoms with van der Waals surface area (Å²) in [6.45, 7) is 0.516. The molecule has 1 unspecified atom stereocenters. The average molecular weight is 431 g/mol. The molecule has 28 heavy (non-hydrogen) atoms. The molecule has 0 aliphatic carbocycles. The van der Waals surface area contributed by atoms with Crippen LogP contribution in [0.2, 0.25) is 0 Å². The minimum Gasteiger partial charge on any atom is -0.311 e. The monoisotopic (exact) mass is 430 g/mol. The fraction of sp³-hybridized carbons (Fsp3) is 0.167. The summed E-state index contributed by atoms with van der Waals surface area (Å²) in [6, 6.07) is 15.8. The second-order valence-corrected chi connectivity index (χ2v) is 9.12. The molecule has 1 aromatic heterocycles. The minimum atomic E-state index is -0.459. The lowest BCUT2D eigenvalue weighted by molar-refractivity contribution is -0.384. The van der Waals surface area contributed by atoms with Crippen molar-refractivity contribution in [3.63, 3.8) is 0 Å². The van der Waals surface area contributed by atoms with Gasteiger partial charge in [0.1, 0.15) is 0 Å². The molecule has 142 valence electrons. The van der Waals surface area contributed by atoms with Gasteiger partial charge in [-0.15, -0.1) is 5.10 Å². The smallest absolute Gasteiger partial charge is 0.271 e. The van der Waals surface area contributed by atoms with Gasteiger partial charge in [-0.05, 0) is 36.8 Å². The lowest BCUT2D eigenvalue weighted by atomic mass is 10.2. The molecule has 4 rings (SSSR count). The van der Waals surface area contributed by atoms with E-state index in [1.807, 2.05) is 30.3 Å². The molecular weight excluding hydrogens is 416 g/mol. The summed E-state index contributed by atoms with van der Waals surface area (Å²) in [5, 5.41) is 15.2. The van der Waals surface area contributed by atoms with Crippen LogP contribution in [0.3, 0.4) is 0 Å². The number of para-hydroxylation sites is 1. The summed E-state index contributed by atoms with van der Waals surface area (Å²) in [5.74, 6) is -0.0714. The van der Waals surface area contributed by atoms with E-state index in [4.69, 9.17) is 12.2 Å². The normalized spacial score (nSPS) is 16.5. The van der Waals surface area contributed by atoms with Crippen LogP contribution in [-0.2, 0) is 4.79 Å². The highest BCUT2D eigenvalue weighted by atomic mass is 32.2. The number of carbonyl (C=O) groups excluding carboxylic acids is 1. The summed E-state index contributed by atoms with van der Waals surface area (Å²) < 4.78 is 3.04. The zero-order valence-electron chi connectivity index (χ0n) is 14.4. The molecule has 1 aliphatic rings. The van der Waals surface area contributed by atoms with Crippen molar-refractivity contribution in [1.29, 1.82) is 0 Å². The Labute approximate surface area is 173 Å². The van der Waals surface area contributed by atoms with Gasteiger partial charge in [0.2, 0.25) is 5.91 Å². The van der Waals surface area contributed by atoms with E-state index in [0.717, 1.165) is 10.0 Å². The fourth-order valence-corrected chi connectivity index (χ4v) is 5.60. The van der Waals surface area contributed by atoms with Crippen molar-refractivity contribution in [1.82, 2.24) is 9.78 Å². The van der Waals surface area contributed by atoms with Gasteiger partial charge in [0.25, 0.3) is 5.69 Å². The number of carbonyl (C=O) groups is 1. The molecule has 1 fully saturated rings. The number of nitro benzene ring substituents is 1. The van der Waals surface area contributed by atoms with Gasteiger partial charge in [0, 0.05) is 18.7 Å². The molecule has 1 atom stereocenters. The second-order valence-electron chi connectivity index (χ2n) is 6.04. The third-order valence-corrected chi connectivity index (χ3v) is 6.85. The molecular formula is C18H14N4O3S3. The largest absolute Gasteiger partial charge is 0.311 e.